The molecule has 2 aromatic carbocycles. The summed E-state index contributed by atoms with van der Waals surface area (Å²) < 4.78 is 6.80. The monoisotopic (exact) mass is 418 g/mol. The molecule has 0 unspecified atom stereocenters. The van der Waals surface area contributed by atoms with Gasteiger partial charge in [0.05, 0.1) is 18.2 Å². The van der Waals surface area contributed by atoms with E-state index in [9.17, 15) is 9.59 Å². The number of nitrogens with zero attached hydrogens (tertiary/aromatic N) is 5. The Morgan fingerprint density at radius 3 is 2.42 bits per heavy atom. The first-order chi connectivity index (χ1) is 15.0. The Labute approximate surface area is 176 Å². The van der Waals surface area contributed by atoms with Crippen molar-refractivity contribution in [2.24, 2.45) is 11.5 Å². The van der Waals surface area contributed by atoms with Crippen LogP contribution >= 0.6 is 0 Å². The number of carbonyl (C=O) groups excluding carboxylic acids is 2. The average Bonchev–Trinajstić information content (AvgIpc) is 3.16. The number of amides is 2. The molecule has 0 aliphatic carbocycles. The molecule has 0 aliphatic rings. The summed E-state index contributed by atoms with van der Waals surface area (Å²) in [5, 5.41) is 3.06. The predicted molar refractivity (Wildman–Crippen MR) is 112 cm³/mol. The number of primary amides is 2. The summed E-state index contributed by atoms with van der Waals surface area (Å²) in [6.45, 7) is 0.413. The van der Waals surface area contributed by atoms with Crippen LogP contribution < -0.4 is 21.5 Å². The van der Waals surface area contributed by atoms with Crippen molar-refractivity contribution in [3.05, 3.63) is 65.5 Å². The predicted octanol–water partition coefficient (Wildman–Crippen LogP) is 1.03. The lowest BCUT2D eigenvalue weighted by Crippen LogP contribution is -2.20. The first-order valence-corrected chi connectivity index (χ1v) is 9.17. The number of hydrogen-bond donors (Lipinski definition) is 3. The number of para-hydroxylation sites is 1. The zero-order valence-corrected chi connectivity index (χ0v) is 16.4. The van der Waals surface area contributed by atoms with Crippen molar-refractivity contribution in [2.75, 3.05) is 12.4 Å². The van der Waals surface area contributed by atoms with Gasteiger partial charge in [0, 0.05) is 6.54 Å². The second-order valence-electron chi connectivity index (χ2n) is 6.46. The second-order valence-corrected chi connectivity index (χ2v) is 6.46. The van der Waals surface area contributed by atoms with Crippen LogP contribution in [0.5, 0.6) is 6.01 Å². The standard InChI is InChI=1S/C20H18N8O3/c1-31-20-24-14-12(15(21)29)8-5-9-13(14)28(20)19-26-17(16(22)30)25-18(27-19)23-10-11-6-3-2-4-7-11/h2-9H,10H2,1H3,(H2,21,29)(H2,22,30)(H,23,25,26,27). The minimum absolute atomic E-state index is 0.0420. The van der Waals surface area contributed by atoms with E-state index in [-0.39, 0.29) is 29.3 Å². The Balaban J connectivity index is 1.84. The van der Waals surface area contributed by atoms with E-state index in [1.54, 1.807) is 18.2 Å². The van der Waals surface area contributed by atoms with Crippen LogP contribution in [0.1, 0.15) is 26.5 Å². The largest absolute Gasteiger partial charge is 0.468 e. The fourth-order valence-electron chi connectivity index (χ4n) is 3.04. The third-order valence-corrected chi connectivity index (χ3v) is 4.44. The number of nitrogens with one attached hydrogen (secondary N) is 1. The molecule has 2 heterocycles. The molecule has 4 rings (SSSR count). The number of rotatable bonds is 7. The third-order valence-electron chi connectivity index (χ3n) is 4.44. The van der Waals surface area contributed by atoms with E-state index in [4.69, 9.17) is 16.2 Å². The van der Waals surface area contributed by atoms with E-state index < -0.39 is 11.8 Å². The summed E-state index contributed by atoms with van der Waals surface area (Å²) in [5.41, 5.74) is 12.9. The second kappa shape index (κ2) is 8.06. The summed E-state index contributed by atoms with van der Waals surface area (Å²) in [7, 11) is 1.41. The molecule has 11 nitrogen and oxygen atoms in total. The molecule has 5 N–H and O–H groups in total. The number of benzene rings is 2. The maximum atomic E-state index is 11.8. The molecule has 2 amide bonds. The van der Waals surface area contributed by atoms with Crippen LogP contribution in [-0.2, 0) is 6.54 Å². The van der Waals surface area contributed by atoms with E-state index in [0.717, 1.165) is 5.56 Å². The quantitative estimate of drug-likeness (QED) is 0.400. The molecule has 0 spiro atoms. The molecule has 0 aliphatic heterocycles. The zero-order valence-electron chi connectivity index (χ0n) is 16.4. The van der Waals surface area contributed by atoms with Crippen molar-refractivity contribution in [3.8, 4) is 12.0 Å². The number of hydrogen-bond acceptors (Lipinski definition) is 8. The SMILES string of the molecule is COc1nc2c(C(N)=O)cccc2n1-c1nc(NCc2ccccc2)nc(C(N)=O)n1. The van der Waals surface area contributed by atoms with Gasteiger partial charge >= 0.3 is 6.01 Å². The van der Waals surface area contributed by atoms with Crippen LogP contribution in [0.2, 0.25) is 0 Å². The highest BCUT2D eigenvalue weighted by atomic mass is 16.5. The molecule has 2 aromatic heterocycles. The van der Waals surface area contributed by atoms with Gasteiger partial charge in [-0.05, 0) is 17.7 Å². The molecule has 31 heavy (non-hydrogen) atoms. The van der Waals surface area contributed by atoms with Crippen molar-refractivity contribution in [1.82, 2.24) is 24.5 Å². The highest BCUT2D eigenvalue weighted by molar-refractivity contribution is 6.04. The molecule has 0 atom stereocenters. The van der Waals surface area contributed by atoms with E-state index >= 15 is 0 Å². The number of aromatic nitrogens is 5. The van der Waals surface area contributed by atoms with Gasteiger partial charge in [-0.1, -0.05) is 36.4 Å². The molecular formula is C20H18N8O3. The minimum atomic E-state index is -0.826. The molecular weight excluding hydrogens is 400 g/mol. The van der Waals surface area contributed by atoms with Gasteiger partial charge in [-0.25, -0.2) is 4.57 Å². The first kappa shape index (κ1) is 19.8. The van der Waals surface area contributed by atoms with Crippen molar-refractivity contribution in [1.29, 1.82) is 0 Å². The first-order valence-electron chi connectivity index (χ1n) is 9.17. The number of fused-ring (bicyclic) bond motifs is 1. The highest BCUT2D eigenvalue weighted by Crippen LogP contribution is 2.27. The normalized spacial score (nSPS) is 10.7. The van der Waals surface area contributed by atoms with Crippen LogP contribution in [0.3, 0.4) is 0 Å². The van der Waals surface area contributed by atoms with Crippen molar-refractivity contribution in [3.63, 3.8) is 0 Å². The Bertz CT molecular complexity index is 1290. The molecule has 4 aromatic rings. The van der Waals surface area contributed by atoms with E-state index in [2.05, 4.69) is 25.3 Å². The smallest absolute Gasteiger partial charge is 0.304 e. The maximum Gasteiger partial charge on any atom is 0.304 e. The van der Waals surface area contributed by atoms with Crippen molar-refractivity contribution >= 4 is 28.8 Å². The van der Waals surface area contributed by atoms with Gasteiger partial charge in [0.1, 0.15) is 5.52 Å². The van der Waals surface area contributed by atoms with Gasteiger partial charge in [0.25, 0.3) is 11.8 Å². The van der Waals surface area contributed by atoms with E-state index in [1.165, 1.54) is 11.7 Å². The molecule has 156 valence electrons. The lowest BCUT2D eigenvalue weighted by molar-refractivity contribution is 0.0986. The average molecular weight is 418 g/mol. The molecule has 11 heteroatoms. The Morgan fingerprint density at radius 1 is 0.968 bits per heavy atom. The Kier molecular flexibility index (Phi) is 5.14. The molecule has 0 saturated carbocycles. The lowest BCUT2D eigenvalue weighted by Gasteiger charge is -2.10. The highest BCUT2D eigenvalue weighted by Gasteiger charge is 2.21. The van der Waals surface area contributed by atoms with Gasteiger partial charge < -0.3 is 21.5 Å². The van der Waals surface area contributed by atoms with Gasteiger partial charge in [0.15, 0.2) is 0 Å². The molecule has 0 fully saturated rings. The van der Waals surface area contributed by atoms with Crippen LogP contribution in [0, 0.1) is 0 Å². The van der Waals surface area contributed by atoms with Crippen LogP contribution in [0.4, 0.5) is 5.95 Å². The van der Waals surface area contributed by atoms with E-state index in [1.807, 2.05) is 30.3 Å². The van der Waals surface area contributed by atoms with Gasteiger partial charge in [-0.2, -0.15) is 19.9 Å². The van der Waals surface area contributed by atoms with Crippen LogP contribution in [0.25, 0.3) is 17.0 Å². The summed E-state index contributed by atoms with van der Waals surface area (Å²) in [4.78, 5) is 40.6. The molecule has 0 bridgehead atoms. The number of anilines is 1. The lowest BCUT2D eigenvalue weighted by atomic mass is 10.2. The number of carbonyl (C=O) groups is 2. The topological polar surface area (TPSA) is 164 Å². The Hall–Kier alpha value is -4.54. The fraction of sp³-hybridized carbons (Fsp3) is 0.100. The number of methoxy groups -OCH3 is 1. The summed E-state index contributed by atoms with van der Waals surface area (Å²) in [6.07, 6.45) is 0. The zero-order chi connectivity index (χ0) is 22.0. The summed E-state index contributed by atoms with van der Waals surface area (Å²) in [6, 6.07) is 14.6. The minimum Gasteiger partial charge on any atom is -0.468 e. The number of ether oxygens (including phenoxy) is 1. The van der Waals surface area contributed by atoms with Gasteiger partial charge in [0.2, 0.25) is 17.7 Å². The van der Waals surface area contributed by atoms with E-state index in [0.29, 0.717) is 17.6 Å². The Morgan fingerprint density at radius 2 is 1.74 bits per heavy atom. The van der Waals surface area contributed by atoms with Crippen LogP contribution in [0.15, 0.2) is 48.5 Å². The number of imidazole rings is 1. The maximum absolute atomic E-state index is 11.8. The van der Waals surface area contributed by atoms with Gasteiger partial charge in [-0.3, -0.25) is 9.59 Å². The molecule has 0 radical (unpaired) electrons. The summed E-state index contributed by atoms with van der Waals surface area (Å²) >= 11 is 0. The molecule has 0 saturated heterocycles. The third kappa shape index (κ3) is 3.83. The fourth-order valence-corrected chi connectivity index (χ4v) is 3.04. The van der Waals surface area contributed by atoms with Crippen molar-refractivity contribution in [2.45, 2.75) is 6.54 Å². The van der Waals surface area contributed by atoms with Gasteiger partial charge in [-0.15, -0.1) is 0 Å². The summed E-state index contributed by atoms with van der Waals surface area (Å²) in [5.74, 6) is -1.53. The van der Waals surface area contributed by atoms with Crippen molar-refractivity contribution < 1.29 is 14.3 Å². The van der Waals surface area contributed by atoms with Crippen LogP contribution in [-0.4, -0.2) is 43.4 Å². The number of nitrogens with two attached hydrogens (primary N) is 2.